The van der Waals surface area contributed by atoms with E-state index >= 15 is 0 Å². The molecule has 3 N–H and O–H groups in total. The SMILES string of the molecule is COCCNS(=O)(=O)NCC(O)c1ccsc1. The summed E-state index contributed by atoms with van der Waals surface area (Å²) in [5.41, 5.74) is 0.703. The van der Waals surface area contributed by atoms with E-state index < -0.39 is 16.3 Å². The molecule has 0 aliphatic carbocycles. The Hall–Kier alpha value is -0.510. The van der Waals surface area contributed by atoms with Gasteiger partial charge in [-0.15, -0.1) is 0 Å². The summed E-state index contributed by atoms with van der Waals surface area (Å²) in [6.45, 7) is 0.438. The lowest BCUT2D eigenvalue weighted by atomic mass is 10.2. The van der Waals surface area contributed by atoms with Crippen molar-refractivity contribution in [1.29, 1.82) is 0 Å². The topological polar surface area (TPSA) is 87.7 Å². The van der Waals surface area contributed by atoms with Gasteiger partial charge in [-0.25, -0.2) is 0 Å². The lowest BCUT2D eigenvalue weighted by Crippen LogP contribution is -2.40. The summed E-state index contributed by atoms with van der Waals surface area (Å²) in [6, 6.07) is 1.75. The summed E-state index contributed by atoms with van der Waals surface area (Å²) in [5, 5.41) is 13.3. The Morgan fingerprint density at radius 1 is 1.53 bits per heavy atom. The third kappa shape index (κ3) is 5.57. The molecule has 0 radical (unpaired) electrons. The van der Waals surface area contributed by atoms with E-state index in [1.165, 1.54) is 18.4 Å². The first-order valence-corrected chi connectivity index (χ1v) is 7.41. The highest BCUT2D eigenvalue weighted by Crippen LogP contribution is 2.15. The number of ether oxygens (including phenoxy) is 1. The third-order valence-electron chi connectivity index (χ3n) is 1.99. The van der Waals surface area contributed by atoms with E-state index in [9.17, 15) is 13.5 Å². The van der Waals surface area contributed by atoms with Crippen molar-refractivity contribution in [3.63, 3.8) is 0 Å². The smallest absolute Gasteiger partial charge is 0.277 e. The fourth-order valence-electron chi connectivity index (χ4n) is 1.10. The quantitative estimate of drug-likeness (QED) is 0.578. The van der Waals surface area contributed by atoms with E-state index in [0.29, 0.717) is 12.2 Å². The molecule has 0 aliphatic heterocycles. The molecule has 0 aromatic carbocycles. The zero-order valence-electron chi connectivity index (χ0n) is 9.42. The van der Waals surface area contributed by atoms with Gasteiger partial charge in [0.15, 0.2) is 0 Å². The van der Waals surface area contributed by atoms with E-state index in [0.717, 1.165) is 0 Å². The monoisotopic (exact) mass is 280 g/mol. The number of aliphatic hydroxyl groups excluding tert-OH is 1. The van der Waals surface area contributed by atoms with Gasteiger partial charge < -0.3 is 9.84 Å². The molecule has 0 amide bonds. The summed E-state index contributed by atoms with van der Waals surface area (Å²) >= 11 is 1.45. The van der Waals surface area contributed by atoms with Crippen molar-refractivity contribution in [1.82, 2.24) is 9.44 Å². The van der Waals surface area contributed by atoms with Crippen molar-refractivity contribution in [3.05, 3.63) is 22.4 Å². The van der Waals surface area contributed by atoms with Crippen molar-refractivity contribution in [2.24, 2.45) is 0 Å². The Labute approximate surface area is 105 Å². The summed E-state index contributed by atoms with van der Waals surface area (Å²) in [4.78, 5) is 0. The first-order chi connectivity index (χ1) is 8.05. The second kappa shape index (κ2) is 7.04. The van der Waals surface area contributed by atoms with Crippen LogP contribution in [-0.2, 0) is 14.9 Å². The predicted octanol–water partition coefficient (Wildman–Crippen LogP) is -0.148. The molecule has 1 heterocycles. The third-order valence-corrected chi connectivity index (χ3v) is 3.83. The molecule has 0 bridgehead atoms. The van der Waals surface area contributed by atoms with E-state index in [1.807, 2.05) is 5.38 Å². The maximum Gasteiger partial charge on any atom is 0.277 e. The number of hydrogen-bond acceptors (Lipinski definition) is 5. The number of thiophene rings is 1. The first kappa shape index (κ1) is 14.6. The van der Waals surface area contributed by atoms with Crippen molar-refractivity contribution in [3.8, 4) is 0 Å². The molecule has 1 aromatic heterocycles. The van der Waals surface area contributed by atoms with Gasteiger partial charge >= 0.3 is 0 Å². The summed E-state index contributed by atoms with van der Waals surface area (Å²) in [7, 11) is -2.09. The number of rotatable bonds is 8. The fraction of sp³-hybridized carbons (Fsp3) is 0.556. The summed E-state index contributed by atoms with van der Waals surface area (Å²) in [6.07, 6.45) is -0.833. The zero-order chi connectivity index (χ0) is 12.7. The van der Waals surface area contributed by atoms with Crippen LogP contribution in [0.2, 0.25) is 0 Å². The van der Waals surface area contributed by atoms with Gasteiger partial charge in [-0.2, -0.15) is 29.2 Å². The Balaban J connectivity index is 2.34. The van der Waals surface area contributed by atoms with Crippen LogP contribution in [-0.4, -0.2) is 40.3 Å². The van der Waals surface area contributed by atoms with Crippen LogP contribution in [0, 0.1) is 0 Å². The van der Waals surface area contributed by atoms with Gasteiger partial charge in [0, 0.05) is 20.2 Å². The highest BCUT2D eigenvalue weighted by molar-refractivity contribution is 7.87. The number of methoxy groups -OCH3 is 1. The Morgan fingerprint density at radius 3 is 2.88 bits per heavy atom. The molecule has 0 spiro atoms. The van der Waals surface area contributed by atoms with E-state index in [2.05, 4.69) is 9.44 Å². The van der Waals surface area contributed by atoms with Crippen LogP contribution in [0.15, 0.2) is 16.8 Å². The van der Waals surface area contributed by atoms with Crippen LogP contribution in [0.4, 0.5) is 0 Å². The molecular formula is C9H16N2O4S2. The number of aliphatic hydroxyl groups is 1. The van der Waals surface area contributed by atoms with Crippen LogP contribution in [0.1, 0.15) is 11.7 Å². The van der Waals surface area contributed by atoms with Crippen LogP contribution >= 0.6 is 11.3 Å². The van der Waals surface area contributed by atoms with Crippen LogP contribution in [0.5, 0.6) is 0 Å². The second-order valence-corrected chi connectivity index (χ2v) is 5.68. The maximum atomic E-state index is 11.4. The van der Waals surface area contributed by atoms with Crippen molar-refractivity contribution >= 4 is 21.5 Å². The Kier molecular flexibility index (Phi) is 6.03. The van der Waals surface area contributed by atoms with E-state index in [-0.39, 0.29) is 13.1 Å². The van der Waals surface area contributed by atoms with Crippen LogP contribution in [0.3, 0.4) is 0 Å². The minimum Gasteiger partial charge on any atom is -0.387 e. The lowest BCUT2D eigenvalue weighted by molar-refractivity contribution is 0.182. The lowest BCUT2D eigenvalue weighted by Gasteiger charge is -2.11. The molecule has 6 nitrogen and oxygen atoms in total. The van der Waals surface area contributed by atoms with E-state index in [4.69, 9.17) is 4.74 Å². The first-order valence-electron chi connectivity index (χ1n) is 4.98. The molecule has 1 rings (SSSR count). The zero-order valence-corrected chi connectivity index (χ0v) is 11.1. The van der Waals surface area contributed by atoms with Gasteiger partial charge in [0.05, 0.1) is 12.7 Å². The molecule has 17 heavy (non-hydrogen) atoms. The van der Waals surface area contributed by atoms with Crippen LogP contribution < -0.4 is 9.44 Å². The molecule has 1 unspecified atom stereocenters. The standard InChI is InChI=1S/C9H16N2O4S2/c1-15-4-3-10-17(13,14)11-6-9(12)8-2-5-16-7-8/h2,5,7,9-12H,3-4,6H2,1H3. The molecule has 0 aliphatic rings. The van der Waals surface area contributed by atoms with Gasteiger partial charge in [-0.3, -0.25) is 0 Å². The molecule has 1 aromatic rings. The fourth-order valence-corrected chi connectivity index (χ4v) is 2.64. The second-order valence-electron chi connectivity index (χ2n) is 3.31. The molecule has 98 valence electrons. The summed E-state index contributed by atoms with van der Waals surface area (Å²) < 4.78 is 32.1. The van der Waals surface area contributed by atoms with Gasteiger partial charge in [0.1, 0.15) is 0 Å². The molecule has 0 fully saturated rings. The van der Waals surface area contributed by atoms with Crippen molar-refractivity contribution in [2.75, 3.05) is 26.8 Å². The number of hydrogen-bond donors (Lipinski definition) is 3. The Morgan fingerprint density at radius 2 is 2.29 bits per heavy atom. The average molecular weight is 280 g/mol. The summed E-state index contributed by atoms with van der Waals surface area (Å²) in [5.74, 6) is 0. The molecular weight excluding hydrogens is 264 g/mol. The normalized spacial score (nSPS) is 13.8. The highest BCUT2D eigenvalue weighted by atomic mass is 32.2. The van der Waals surface area contributed by atoms with Gasteiger partial charge in [-0.1, -0.05) is 0 Å². The average Bonchev–Trinajstić information content (AvgIpc) is 2.80. The van der Waals surface area contributed by atoms with Gasteiger partial charge in [0.25, 0.3) is 10.2 Å². The number of nitrogens with one attached hydrogen (secondary N) is 2. The minimum atomic E-state index is -3.58. The van der Waals surface area contributed by atoms with Crippen LogP contribution in [0.25, 0.3) is 0 Å². The van der Waals surface area contributed by atoms with Gasteiger partial charge in [-0.05, 0) is 22.4 Å². The molecule has 1 atom stereocenters. The Bertz CT molecular complexity index is 405. The molecule has 8 heteroatoms. The van der Waals surface area contributed by atoms with E-state index in [1.54, 1.807) is 11.4 Å². The van der Waals surface area contributed by atoms with Crippen molar-refractivity contribution in [2.45, 2.75) is 6.10 Å². The van der Waals surface area contributed by atoms with Crippen molar-refractivity contribution < 1.29 is 18.3 Å². The largest absolute Gasteiger partial charge is 0.387 e. The maximum absolute atomic E-state index is 11.4. The molecule has 0 saturated heterocycles. The predicted molar refractivity (Wildman–Crippen MR) is 66.1 cm³/mol. The highest BCUT2D eigenvalue weighted by Gasteiger charge is 2.13. The van der Waals surface area contributed by atoms with Gasteiger partial charge in [0.2, 0.25) is 0 Å². The minimum absolute atomic E-state index is 0.0565. The molecule has 0 saturated carbocycles.